The molecule has 0 saturated carbocycles. The maximum absolute atomic E-state index is 12.7. The fraction of sp³-hybridized carbons (Fsp3) is 0.0714. The van der Waals surface area contributed by atoms with E-state index in [0.717, 1.165) is 17.5 Å². The molecule has 0 radical (unpaired) electrons. The summed E-state index contributed by atoms with van der Waals surface area (Å²) in [6.45, 7) is 0. The van der Waals surface area contributed by atoms with Crippen molar-refractivity contribution in [2.75, 3.05) is 0 Å². The molecular weight excluding hydrogens is 324 g/mol. The first-order chi connectivity index (χ1) is 9.88. The summed E-state index contributed by atoms with van der Waals surface area (Å²) in [5, 5.41) is 4.77. The lowest BCUT2D eigenvalue weighted by atomic mass is 10.2. The van der Waals surface area contributed by atoms with E-state index in [1.54, 1.807) is 18.3 Å². The van der Waals surface area contributed by atoms with Crippen LogP contribution in [-0.4, -0.2) is 9.78 Å². The minimum Gasteiger partial charge on any atom is -0.230 e. The van der Waals surface area contributed by atoms with Crippen molar-refractivity contribution in [3.05, 3.63) is 58.2 Å². The predicted octanol–water partition coefficient (Wildman–Crippen LogP) is 5.35. The maximum Gasteiger partial charge on any atom is 0.416 e. The van der Waals surface area contributed by atoms with Gasteiger partial charge in [-0.1, -0.05) is 41.4 Å². The summed E-state index contributed by atoms with van der Waals surface area (Å²) in [4.78, 5) is 0. The lowest BCUT2D eigenvalue weighted by Crippen LogP contribution is -2.07. The minimum atomic E-state index is -4.50. The monoisotopic (exact) mass is 330 g/mol. The SMILES string of the molecule is FC(F)(F)c1cc(Cl)c(-n2ncc3ccccc32)c(Cl)c1. The molecule has 0 N–H and O–H groups in total. The number of hydrogen-bond acceptors (Lipinski definition) is 1. The zero-order chi connectivity index (χ0) is 15.2. The first-order valence-corrected chi connectivity index (χ1v) is 6.63. The van der Waals surface area contributed by atoms with Crippen LogP contribution in [0.3, 0.4) is 0 Å². The lowest BCUT2D eigenvalue weighted by molar-refractivity contribution is -0.137. The van der Waals surface area contributed by atoms with E-state index < -0.39 is 11.7 Å². The summed E-state index contributed by atoms with van der Waals surface area (Å²) in [5.41, 5.74) is 0.0475. The molecule has 1 aromatic heterocycles. The quantitative estimate of drug-likeness (QED) is 0.588. The van der Waals surface area contributed by atoms with E-state index in [4.69, 9.17) is 23.2 Å². The fourth-order valence-electron chi connectivity index (χ4n) is 2.08. The highest BCUT2D eigenvalue weighted by atomic mass is 35.5. The second-order valence-electron chi connectivity index (χ2n) is 4.40. The molecule has 0 aliphatic rings. The summed E-state index contributed by atoms with van der Waals surface area (Å²) in [5.74, 6) is 0. The zero-order valence-electron chi connectivity index (χ0n) is 10.3. The first kappa shape index (κ1) is 14.2. The molecule has 21 heavy (non-hydrogen) atoms. The number of rotatable bonds is 1. The van der Waals surface area contributed by atoms with Gasteiger partial charge in [-0.25, -0.2) is 4.68 Å². The molecule has 0 unspecified atom stereocenters. The first-order valence-electron chi connectivity index (χ1n) is 5.87. The summed E-state index contributed by atoms with van der Waals surface area (Å²) < 4.78 is 39.6. The number of hydrogen-bond donors (Lipinski definition) is 0. The van der Waals surface area contributed by atoms with Crippen LogP contribution in [0.2, 0.25) is 10.0 Å². The Morgan fingerprint density at radius 2 is 1.62 bits per heavy atom. The van der Waals surface area contributed by atoms with Crippen molar-refractivity contribution in [1.82, 2.24) is 9.78 Å². The molecule has 0 atom stereocenters. The molecule has 3 aromatic rings. The van der Waals surface area contributed by atoms with E-state index in [1.807, 2.05) is 12.1 Å². The topological polar surface area (TPSA) is 17.8 Å². The average molecular weight is 331 g/mol. The van der Waals surface area contributed by atoms with E-state index in [-0.39, 0.29) is 15.7 Å². The highest BCUT2D eigenvalue weighted by molar-refractivity contribution is 6.38. The van der Waals surface area contributed by atoms with Gasteiger partial charge in [0, 0.05) is 5.39 Å². The van der Waals surface area contributed by atoms with Gasteiger partial charge in [0.1, 0.15) is 5.69 Å². The Morgan fingerprint density at radius 1 is 1.00 bits per heavy atom. The van der Waals surface area contributed by atoms with Gasteiger partial charge >= 0.3 is 6.18 Å². The van der Waals surface area contributed by atoms with Crippen molar-refractivity contribution in [1.29, 1.82) is 0 Å². The second kappa shape index (κ2) is 4.93. The van der Waals surface area contributed by atoms with Crippen molar-refractivity contribution < 1.29 is 13.2 Å². The van der Waals surface area contributed by atoms with Crippen LogP contribution in [-0.2, 0) is 6.18 Å². The lowest BCUT2D eigenvalue weighted by Gasteiger charge is -2.13. The normalized spacial score (nSPS) is 12.0. The van der Waals surface area contributed by atoms with E-state index >= 15 is 0 Å². The molecule has 0 spiro atoms. The molecule has 1 heterocycles. The largest absolute Gasteiger partial charge is 0.416 e. The van der Waals surface area contributed by atoms with Crippen LogP contribution in [0.25, 0.3) is 16.6 Å². The molecular formula is C14H7Cl2F3N2. The zero-order valence-corrected chi connectivity index (χ0v) is 11.8. The van der Waals surface area contributed by atoms with Crippen molar-refractivity contribution in [2.24, 2.45) is 0 Å². The Balaban J connectivity index is 2.24. The Labute approximate surface area is 127 Å². The van der Waals surface area contributed by atoms with Crippen LogP contribution in [0, 0.1) is 0 Å². The Kier molecular flexibility index (Phi) is 3.34. The molecule has 0 fully saturated rings. The Hall–Kier alpha value is -1.72. The molecule has 0 aliphatic carbocycles. The average Bonchev–Trinajstić information content (AvgIpc) is 2.81. The van der Waals surface area contributed by atoms with Crippen molar-refractivity contribution in [3.8, 4) is 5.69 Å². The number of halogens is 5. The summed E-state index contributed by atoms with van der Waals surface area (Å²) in [6.07, 6.45) is -2.91. The molecule has 2 aromatic carbocycles. The Bertz CT molecular complexity index is 801. The van der Waals surface area contributed by atoms with E-state index in [0.29, 0.717) is 5.52 Å². The predicted molar refractivity (Wildman–Crippen MR) is 76.1 cm³/mol. The van der Waals surface area contributed by atoms with E-state index in [9.17, 15) is 13.2 Å². The molecule has 0 bridgehead atoms. The summed E-state index contributed by atoms with van der Waals surface area (Å²) in [6, 6.07) is 8.95. The number of nitrogens with zero attached hydrogens (tertiary/aromatic N) is 2. The third-order valence-electron chi connectivity index (χ3n) is 3.03. The van der Waals surface area contributed by atoms with Crippen LogP contribution in [0.15, 0.2) is 42.6 Å². The van der Waals surface area contributed by atoms with Crippen molar-refractivity contribution in [3.63, 3.8) is 0 Å². The number of fused-ring (bicyclic) bond motifs is 1. The fourth-order valence-corrected chi connectivity index (χ4v) is 2.73. The molecule has 0 aliphatic heterocycles. The third-order valence-corrected chi connectivity index (χ3v) is 3.61. The number of aromatic nitrogens is 2. The number of benzene rings is 2. The maximum atomic E-state index is 12.7. The van der Waals surface area contributed by atoms with Crippen LogP contribution in [0.5, 0.6) is 0 Å². The number of alkyl halides is 3. The van der Waals surface area contributed by atoms with Gasteiger partial charge < -0.3 is 0 Å². The second-order valence-corrected chi connectivity index (χ2v) is 5.22. The van der Waals surface area contributed by atoms with Gasteiger partial charge in [0.2, 0.25) is 0 Å². The molecule has 108 valence electrons. The number of para-hydroxylation sites is 1. The van der Waals surface area contributed by atoms with Crippen LogP contribution >= 0.6 is 23.2 Å². The molecule has 2 nitrogen and oxygen atoms in total. The van der Waals surface area contributed by atoms with Gasteiger partial charge in [-0.05, 0) is 18.2 Å². The molecule has 0 saturated heterocycles. The minimum absolute atomic E-state index is 0.108. The highest BCUT2D eigenvalue weighted by Gasteiger charge is 2.32. The van der Waals surface area contributed by atoms with E-state index in [1.165, 1.54) is 4.68 Å². The highest BCUT2D eigenvalue weighted by Crippen LogP contribution is 2.38. The molecule has 7 heteroatoms. The standard InChI is InChI=1S/C14H7Cl2F3N2/c15-10-5-9(14(17,18)19)6-11(16)13(10)21-12-4-2-1-3-8(12)7-20-21/h1-7H. The van der Waals surface area contributed by atoms with Crippen LogP contribution in [0.1, 0.15) is 5.56 Å². The van der Waals surface area contributed by atoms with Crippen molar-refractivity contribution >= 4 is 34.1 Å². The van der Waals surface area contributed by atoms with Gasteiger partial charge in [0.25, 0.3) is 0 Å². The van der Waals surface area contributed by atoms with Crippen molar-refractivity contribution in [2.45, 2.75) is 6.18 Å². The smallest absolute Gasteiger partial charge is 0.230 e. The van der Waals surface area contributed by atoms with E-state index in [2.05, 4.69) is 5.10 Å². The van der Waals surface area contributed by atoms with Gasteiger partial charge in [0.05, 0.1) is 27.3 Å². The molecule has 0 amide bonds. The third kappa shape index (κ3) is 2.47. The summed E-state index contributed by atoms with van der Waals surface area (Å²) in [7, 11) is 0. The van der Waals surface area contributed by atoms with Gasteiger partial charge in [-0.2, -0.15) is 18.3 Å². The van der Waals surface area contributed by atoms with Crippen LogP contribution < -0.4 is 0 Å². The van der Waals surface area contributed by atoms with Crippen LogP contribution in [0.4, 0.5) is 13.2 Å². The summed E-state index contributed by atoms with van der Waals surface area (Å²) >= 11 is 12.0. The van der Waals surface area contributed by atoms with Gasteiger partial charge in [-0.3, -0.25) is 0 Å². The van der Waals surface area contributed by atoms with Gasteiger partial charge in [0.15, 0.2) is 0 Å². The van der Waals surface area contributed by atoms with Gasteiger partial charge in [-0.15, -0.1) is 0 Å². The Morgan fingerprint density at radius 3 is 2.24 bits per heavy atom. The molecule has 3 rings (SSSR count).